The number of rotatable bonds is 6. The van der Waals surface area contributed by atoms with E-state index in [4.69, 9.17) is 4.74 Å². The van der Waals surface area contributed by atoms with Gasteiger partial charge in [0.05, 0.1) is 5.56 Å². The van der Waals surface area contributed by atoms with Crippen LogP contribution in [0.25, 0.3) is 0 Å². The molecule has 3 aromatic rings. The molecule has 1 N–H and O–H groups in total. The van der Waals surface area contributed by atoms with Gasteiger partial charge in [-0.05, 0) is 42.0 Å². The third-order valence-electron chi connectivity index (χ3n) is 3.81. The summed E-state index contributed by atoms with van der Waals surface area (Å²) >= 11 is 3.33. The smallest absolute Gasteiger partial charge is 0.416 e. The molecule has 0 aliphatic rings. The van der Waals surface area contributed by atoms with E-state index in [9.17, 15) is 18.0 Å². The highest BCUT2D eigenvalue weighted by molar-refractivity contribution is 9.10. The van der Waals surface area contributed by atoms with Crippen molar-refractivity contribution >= 4 is 21.8 Å². The zero-order valence-corrected chi connectivity index (χ0v) is 16.0. The van der Waals surface area contributed by atoms with E-state index in [-0.39, 0.29) is 24.5 Å². The number of amides is 1. The third-order valence-corrected chi connectivity index (χ3v) is 4.34. The Kier molecular flexibility index (Phi) is 6.03. The topological polar surface area (TPSA) is 56.2 Å². The number of carbonyl (C=O) groups is 1. The zero-order valence-electron chi connectivity index (χ0n) is 14.4. The number of aromatic nitrogens is 2. The van der Waals surface area contributed by atoms with Gasteiger partial charge in [0, 0.05) is 17.2 Å². The highest BCUT2D eigenvalue weighted by Crippen LogP contribution is 2.31. The number of nitrogens with one attached hydrogen (secondary N) is 1. The molecule has 0 aliphatic carbocycles. The van der Waals surface area contributed by atoms with Crippen LogP contribution in [-0.4, -0.2) is 15.7 Å². The van der Waals surface area contributed by atoms with Crippen molar-refractivity contribution in [1.82, 2.24) is 15.1 Å². The number of halogens is 4. The van der Waals surface area contributed by atoms with Crippen LogP contribution in [0.15, 0.2) is 65.3 Å². The van der Waals surface area contributed by atoms with Crippen LogP contribution in [-0.2, 0) is 19.5 Å². The molecule has 0 saturated carbocycles. The number of nitrogens with zero attached hydrogens (tertiary/aromatic N) is 2. The fourth-order valence-electron chi connectivity index (χ4n) is 2.44. The third kappa shape index (κ3) is 5.13. The molecular weight excluding hydrogens is 439 g/mol. The molecule has 0 fully saturated rings. The van der Waals surface area contributed by atoms with Crippen LogP contribution in [0, 0.1) is 0 Å². The first-order valence-electron chi connectivity index (χ1n) is 8.18. The van der Waals surface area contributed by atoms with E-state index < -0.39 is 17.6 Å². The van der Waals surface area contributed by atoms with E-state index in [0.29, 0.717) is 5.75 Å². The number of alkyl halides is 3. The van der Waals surface area contributed by atoms with Gasteiger partial charge < -0.3 is 10.1 Å². The largest absolute Gasteiger partial charge is 0.471 e. The Morgan fingerprint density at radius 1 is 1.11 bits per heavy atom. The average Bonchev–Trinajstić information content (AvgIpc) is 3.14. The van der Waals surface area contributed by atoms with Crippen LogP contribution < -0.4 is 10.1 Å². The van der Waals surface area contributed by atoms with Crippen LogP contribution in [0.1, 0.15) is 21.6 Å². The summed E-state index contributed by atoms with van der Waals surface area (Å²) in [6.07, 6.45) is -2.93. The Morgan fingerprint density at radius 2 is 1.82 bits per heavy atom. The minimum Gasteiger partial charge on any atom is -0.471 e. The molecule has 28 heavy (non-hydrogen) atoms. The lowest BCUT2D eigenvalue weighted by Crippen LogP contribution is -2.25. The summed E-state index contributed by atoms with van der Waals surface area (Å²) in [5.41, 5.74) is -0.700. The molecule has 0 unspecified atom stereocenters. The van der Waals surface area contributed by atoms with Gasteiger partial charge in [-0.25, -0.2) is 4.68 Å². The molecule has 0 radical (unpaired) electrons. The van der Waals surface area contributed by atoms with Gasteiger partial charge in [0.25, 0.3) is 5.91 Å². The lowest BCUT2D eigenvalue weighted by molar-refractivity contribution is -0.138. The lowest BCUT2D eigenvalue weighted by Gasteiger charge is -2.12. The van der Waals surface area contributed by atoms with Crippen molar-refractivity contribution in [3.8, 4) is 5.75 Å². The molecule has 0 atom stereocenters. The summed E-state index contributed by atoms with van der Waals surface area (Å²) in [6, 6.07) is 13.8. The quantitative estimate of drug-likeness (QED) is 0.591. The normalized spacial score (nSPS) is 11.3. The van der Waals surface area contributed by atoms with Crippen LogP contribution >= 0.6 is 15.9 Å². The zero-order chi connectivity index (χ0) is 20.1. The van der Waals surface area contributed by atoms with E-state index in [1.54, 1.807) is 18.3 Å². The Balaban J connectivity index is 1.58. The molecule has 0 saturated heterocycles. The van der Waals surface area contributed by atoms with E-state index in [2.05, 4.69) is 26.3 Å². The summed E-state index contributed by atoms with van der Waals surface area (Å²) in [4.78, 5) is 12.2. The minimum absolute atomic E-state index is 0.0126. The highest BCUT2D eigenvalue weighted by atomic mass is 79.9. The molecule has 3 rings (SSSR count). The van der Waals surface area contributed by atoms with Crippen LogP contribution in [0.5, 0.6) is 5.75 Å². The number of benzene rings is 2. The second-order valence-corrected chi connectivity index (χ2v) is 6.72. The molecule has 5 nitrogen and oxygen atoms in total. The number of carbonyl (C=O) groups excluding carboxylic acids is 1. The van der Waals surface area contributed by atoms with Crippen molar-refractivity contribution in [3.05, 3.63) is 82.1 Å². The fourth-order valence-corrected chi connectivity index (χ4v) is 2.71. The minimum atomic E-state index is -4.48. The molecule has 0 bridgehead atoms. The predicted octanol–water partition coefficient (Wildman–Crippen LogP) is 4.63. The summed E-state index contributed by atoms with van der Waals surface area (Å²) < 4.78 is 46.9. The Bertz CT molecular complexity index is 956. The summed E-state index contributed by atoms with van der Waals surface area (Å²) in [5, 5.41) is 6.53. The summed E-state index contributed by atoms with van der Waals surface area (Å²) in [7, 11) is 0. The number of hydrogen-bond donors (Lipinski definition) is 1. The van der Waals surface area contributed by atoms with Crippen molar-refractivity contribution in [1.29, 1.82) is 0 Å². The molecular formula is C19H15BrF3N3O2. The first kappa shape index (κ1) is 19.9. The van der Waals surface area contributed by atoms with Crippen molar-refractivity contribution in [2.45, 2.75) is 19.5 Å². The average molecular weight is 454 g/mol. The SMILES string of the molecule is O=C(NCc1ccccc1C(F)(F)F)c1ccn(COc2ccc(Br)cc2)n1. The van der Waals surface area contributed by atoms with Crippen molar-refractivity contribution in [2.24, 2.45) is 0 Å². The van der Waals surface area contributed by atoms with Crippen LogP contribution in [0.4, 0.5) is 13.2 Å². The number of hydrogen-bond acceptors (Lipinski definition) is 3. The van der Waals surface area contributed by atoms with Gasteiger partial charge in [-0.3, -0.25) is 4.79 Å². The van der Waals surface area contributed by atoms with E-state index in [1.807, 2.05) is 12.1 Å². The molecule has 9 heteroatoms. The molecule has 146 valence electrons. The summed E-state index contributed by atoms with van der Waals surface area (Å²) in [5.74, 6) is 0.0628. The maximum Gasteiger partial charge on any atom is 0.416 e. The molecule has 1 amide bonds. The predicted molar refractivity (Wildman–Crippen MR) is 99.6 cm³/mol. The number of ether oxygens (including phenoxy) is 1. The molecule has 2 aromatic carbocycles. The highest BCUT2D eigenvalue weighted by Gasteiger charge is 2.32. The lowest BCUT2D eigenvalue weighted by atomic mass is 10.1. The first-order valence-corrected chi connectivity index (χ1v) is 8.97. The van der Waals surface area contributed by atoms with Crippen molar-refractivity contribution in [2.75, 3.05) is 0 Å². The summed E-state index contributed by atoms with van der Waals surface area (Å²) in [6.45, 7) is -0.164. The first-order chi connectivity index (χ1) is 13.3. The standard InChI is InChI=1S/C19H15BrF3N3O2/c20-14-5-7-15(8-6-14)28-12-26-10-9-17(25-26)18(27)24-11-13-3-1-2-4-16(13)19(21,22)23/h1-10H,11-12H2,(H,24,27). The van der Waals surface area contributed by atoms with Gasteiger partial charge in [0.15, 0.2) is 6.73 Å². The Labute approximate surface area is 167 Å². The fraction of sp³-hybridized carbons (Fsp3) is 0.158. The van der Waals surface area contributed by atoms with Gasteiger partial charge in [-0.15, -0.1) is 0 Å². The van der Waals surface area contributed by atoms with Crippen LogP contribution in [0.2, 0.25) is 0 Å². The van der Waals surface area contributed by atoms with Gasteiger partial charge in [0.2, 0.25) is 0 Å². The van der Waals surface area contributed by atoms with Crippen molar-refractivity contribution in [3.63, 3.8) is 0 Å². The Hall–Kier alpha value is -2.81. The van der Waals surface area contributed by atoms with Gasteiger partial charge in [0.1, 0.15) is 11.4 Å². The molecule has 0 spiro atoms. The van der Waals surface area contributed by atoms with Crippen molar-refractivity contribution < 1.29 is 22.7 Å². The second-order valence-electron chi connectivity index (χ2n) is 5.81. The molecule has 0 aliphatic heterocycles. The van der Waals surface area contributed by atoms with Gasteiger partial charge >= 0.3 is 6.18 Å². The monoisotopic (exact) mass is 453 g/mol. The molecule has 1 aromatic heterocycles. The molecule has 1 heterocycles. The Morgan fingerprint density at radius 3 is 2.54 bits per heavy atom. The van der Waals surface area contributed by atoms with Gasteiger partial charge in [-0.1, -0.05) is 34.1 Å². The van der Waals surface area contributed by atoms with E-state index in [1.165, 1.54) is 28.9 Å². The maximum absolute atomic E-state index is 13.0. The van der Waals surface area contributed by atoms with Crippen LogP contribution in [0.3, 0.4) is 0 Å². The second kappa shape index (κ2) is 8.47. The maximum atomic E-state index is 13.0. The van der Waals surface area contributed by atoms with Gasteiger partial charge in [-0.2, -0.15) is 18.3 Å². The van der Waals surface area contributed by atoms with E-state index >= 15 is 0 Å². The van der Waals surface area contributed by atoms with E-state index in [0.717, 1.165) is 10.5 Å².